The number of hydrazine groups is 2. The second-order valence-corrected chi connectivity index (χ2v) is 10.3. The number of nitrogens with two attached hydrogens (primary N) is 1. The van der Waals surface area contributed by atoms with E-state index >= 15 is 0 Å². The van der Waals surface area contributed by atoms with E-state index in [4.69, 9.17) is 20.9 Å². The van der Waals surface area contributed by atoms with Crippen LogP contribution in [-0.4, -0.2) is 95.4 Å². The molecule has 10 N–H and O–H groups in total. The molecule has 1 unspecified atom stereocenters. The Morgan fingerprint density at radius 1 is 0.723 bits per heavy atom. The first-order chi connectivity index (χ1) is 22.8. The van der Waals surface area contributed by atoms with E-state index in [1.54, 1.807) is 9.31 Å². The van der Waals surface area contributed by atoms with E-state index in [0.29, 0.717) is 39.9 Å². The number of nitrogens with zero attached hydrogens (tertiary/aromatic N) is 18. The van der Waals surface area contributed by atoms with E-state index in [2.05, 4.69) is 97.8 Å². The van der Waals surface area contributed by atoms with Crippen molar-refractivity contribution in [1.82, 2.24) is 100 Å². The summed E-state index contributed by atoms with van der Waals surface area (Å²) < 4.78 is 0.837. The molecule has 0 aliphatic carbocycles. The van der Waals surface area contributed by atoms with Crippen molar-refractivity contribution in [2.24, 2.45) is 0 Å². The highest BCUT2D eigenvalue weighted by molar-refractivity contribution is 5.66. The Bertz CT molecular complexity index is 2320. The van der Waals surface area contributed by atoms with Gasteiger partial charge in [-0.05, 0) is 32.8 Å². The highest BCUT2D eigenvalue weighted by Gasteiger charge is 2.57. The number of hydrogen-bond acceptors (Lipinski definition) is 21. The minimum absolute atomic E-state index is 0.0241. The van der Waals surface area contributed by atoms with Crippen LogP contribution in [0.3, 0.4) is 0 Å². The van der Waals surface area contributed by atoms with E-state index < -0.39 is 4.70 Å². The van der Waals surface area contributed by atoms with Crippen LogP contribution in [0.2, 0.25) is 0 Å². The third-order valence-electron chi connectivity index (χ3n) is 7.35. The maximum absolute atomic E-state index is 5.66. The molecule has 6 aromatic rings. The van der Waals surface area contributed by atoms with E-state index in [-0.39, 0.29) is 53.5 Å². The van der Waals surface area contributed by atoms with Crippen LogP contribution in [0.4, 0.5) is 65.2 Å². The van der Waals surface area contributed by atoms with Gasteiger partial charge in [0.25, 0.3) is 17.8 Å². The number of anilines is 9. The molecule has 27 nitrogen and oxygen atoms in total. The molecule has 6 aromatic heterocycles. The van der Waals surface area contributed by atoms with Gasteiger partial charge in [-0.15, -0.1) is 35.6 Å². The minimum Gasteiger partial charge on any atom is -0.368 e. The standard InChI is InChI=1S/C20H22N27/c1-5-9-7(3)44(41-5)20-40-37-18(28-15-25-12(22-9)31-33-15)47(19-38-34-16(35-39-19)26-14-24-11(21)29-30-14)45-8(4)10(6(2)42-45)23-13-27-17(36-32-13)43-46(20)47/h1-4H3,(H3,23,27,32,36,43)(H3,22,25,28,31,33,37)(H4,21,24,26,29,30,34,35)/q+1. The van der Waals surface area contributed by atoms with Crippen LogP contribution in [0.25, 0.3) is 5.52 Å². The number of quaternary nitrogens is 1. The van der Waals surface area contributed by atoms with Crippen molar-refractivity contribution in [2.45, 2.75) is 27.7 Å². The molecule has 0 saturated carbocycles. The molecule has 236 valence electrons. The van der Waals surface area contributed by atoms with Crippen LogP contribution >= 0.6 is 0 Å². The van der Waals surface area contributed by atoms with E-state index in [1.807, 2.05) is 27.7 Å². The SMILES string of the molecule is Cc1nn2c(C)c1Nc1n[nH]c(n1)NN1c3n[nH]c(nc4nc(nc5c(C)nn3c5C)NN4)[N+]12c1nnc(Nc2n[nH]c(N)n2)nn1. The fraction of sp³-hybridized carbons (Fsp3) is 0.200. The summed E-state index contributed by atoms with van der Waals surface area (Å²) in [4.78, 5) is 24.2. The van der Waals surface area contributed by atoms with Crippen LogP contribution in [0, 0.1) is 27.7 Å². The lowest BCUT2D eigenvalue weighted by atomic mass is 10.3. The van der Waals surface area contributed by atoms with Crippen LogP contribution in [-0.2, 0) is 0 Å². The summed E-state index contributed by atoms with van der Waals surface area (Å²) in [7, 11) is 0. The largest absolute Gasteiger partial charge is 0.430 e. The van der Waals surface area contributed by atoms with E-state index in [9.17, 15) is 0 Å². The molecule has 10 heterocycles. The molecule has 0 saturated heterocycles. The Balaban J connectivity index is 1.40. The van der Waals surface area contributed by atoms with Crippen molar-refractivity contribution in [3.05, 3.63) is 22.8 Å². The number of hydrogen-bond donors (Lipinski definition) is 9. The summed E-state index contributed by atoms with van der Waals surface area (Å²) in [5.41, 5.74) is 18.3. The van der Waals surface area contributed by atoms with Gasteiger partial charge in [-0.25, -0.2) is 25.7 Å². The minimum atomic E-state index is -0.738. The number of rotatable bonds is 3. The molecule has 0 fully saturated rings. The van der Waals surface area contributed by atoms with Gasteiger partial charge in [0.15, 0.2) is 0 Å². The molecule has 4 aliphatic rings. The number of nitrogens with one attached hydrogen (secondary N) is 8. The van der Waals surface area contributed by atoms with Crippen LogP contribution in [0.15, 0.2) is 0 Å². The summed E-state index contributed by atoms with van der Waals surface area (Å²) in [6.07, 6.45) is 0. The van der Waals surface area contributed by atoms with Crippen molar-refractivity contribution in [3.63, 3.8) is 0 Å². The fourth-order valence-electron chi connectivity index (χ4n) is 5.31. The first-order valence-corrected chi connectivity index (χ1v) is 13.7. The van der Waals surface area contributed by atoms with Crippen molar-refractivity contribution in [3.8, 4) is 0 Å². The number of aryl methyl sites for hydroxylation is 3. The molecular formula is C20H22N27+. The second-order valence-electron chi connectivity index (χ2n) is 10.3. The lowest BCUT2D eigenvalue weighted by Gasteiger charge is -2.39. The van der Waals surface area contributed by atoms with Crippen molar-refractivity contribution < 1.29 is 0 Å². The number of fused-ring (bicyclic) bond motifs is 5. The van der Waals surface area contributed by atoms with Crippen LogP contribution in [0.5, 0.6) is 0 Å². The molecule has 10 rings (SSSR count). The summed E-state index contributed by atoms with van der Waals surface area (Å²) >= 11 is 0. The quantitative estimate of drug-likeness (QED) is 0.107. The van der Waals surface area contributed by atoms with Crippen LogP contribution < -0.4 is 42.5 Å². The summed E-state index contributed by atoms with van der Waals surface area (Å²) in [6, 6.07) is 0. The molecule has 47 heavy (non-hydrogen) atoms. The van der Waals surface area contributed by atoms with Crippen molar-refractivity contribution in [2.75, 3.05) is 37.8 Å². The van der Waals surface area contributed by atoms with Gasteiger partial charge in [-0.3, -0.25) is 16.2 Å². The Hall–Kier alpha value is -7.32. The van der Waals surface area contributed by atoms with Gasteiger partial charge in [-0.1, -0.05) is 15.0 Å². The summed E-state index contributed by atoms with van der Waals surface area (Å²) in [5, 5.41) is 56.3. The van der Waals surface area contributed by atoms with Gasteiger partial charge >= 0.3 is 17.8 Å². The first kappa shape index (κ1) is 26.1. The Morgan fingerprint density at radius 2 is 1.53 bits per heavy atom. The maximum Gasteiger partial charge on any atom is 0.430 e. The number of H-pyrrole nitrogens is 3. The highest BCUT2D eigenvalue weighted by atomic mass is 16.1. The maximum atomic E-state index is 5.66. The molecule has 0 spiro atoms. The lowest BCUT2D eigenvalue weighted by molar-refractivity contribution is 0.205. The third kappa shape index (κ3) is 3.69. The summed E-state index contributed by atoms with van der Waals surface area (Å²) in [5.74, 6) is 1.24. The van der Waals surface area contributed by atoms with Gasteiger partial charge in [-0.2, -0.15) is 24.6 Å². The molecular weight excluding hydrogens is 618 g/mol. The van der Waals surface area contributed by atoms with Gasteiger partial charge in [0.05, 0.1) is 27.5 Å². The zero-order valence-corrected chi connectivity index (χ0v) is 24.6. The molecule has 1 atom stereocenters. The number of nitrogen functional groups attached to an aromatic ring is 1. The lowest BCUT2D eigenvalue weighted by Crippen LogP contribution is -2.68. The smallest absolute Gasteiger partial charge is 0.368 e. The summed E-state index contributed by atoms with van der Waals surface area (Å²) in [6.45, 7) is 7.32. The highest BCUT2D eigenvalue weighted by Crippen LogP contribution is 2.40. The van der Waals surface area contributed by atoms with Gasteiger partial charge < -0.3 is 11.1 Å². The average molecular weight is 641 g/mol. The Kier molecular flexibility index (Phi) is 5.06. The zero-order valence-electron chi connectivity index (χ0n) is 24.6. The molecule has 27 heteroatoms. The van der Waals surface area contributed by atoms with Crippen molar-refractivity contribution in [1.29, 1.82) is 0 Å². The normalized spacial score (nSPS) is 16.5. The number of aromatic amines is 3. The zero-order chi connectivity index (χ0) is 32.0. The van der Waals surface area contributed by atoms with Crippen LogP contribution in [0.1, 0.15) is 22.8 Å². The van der Waals surface area contributed by atoms with Gasteiger partial charge in [0, 0.05) is 0 Å². The predicted molar refractivity (Wildman–Crippen MR) is 160 cm³/mol. The molecule has 4 aliphatic heterocycles. The Labute approximate surface area is 259 Å². The van der Waals surface area contributed by atoms with Gasteiger partial charge in [0.2, 0.25) is 23.8 Å². The number of aromatic nitrogens is 19. The molecule has 10 bridgehead atoms. The van der Waals surface area contributed by atoms with E-state index in [0.717, 1.165) is 0 Å². The topological polar surface area (TPSA) is 327 Å². The fourth-order valence-corrected chi connectivity index (χ4v) is 5.31. The predicted octanol–water partition coefficient (Wildman–Crippen LogP) is -0.825. The molecule has 0 aromatic carbocycles. The third-order valence-corrected chi connectivity index (χ3v) is 7.35. The first-order valence-electron chi connectivity index (χ1n) is 13.7. The molecule has 0 amide bonds. The monoisotopic (exact) mass is 640 g/mol. The van der Waals surface area contributed by atoms with E-state index in [1.165, 1.54) is 5.12 Å². The second kappa shape index (κ2) is 9.10. The average Bonchev–Trinajstić information content (AvgIpc) is 3.88. The molecule has 0 radical (unpaired) electrons. The van der Waals surface area contributed by atoms with Crippen molar-refractivity contribution >= 4 is 70.7 Å². The Morgan fingerprint density at radius 3 is 2.32 bits per heavy atom. The van der Waals surface area contributed by atoms with Gasteiger partial charge in [0.1, 0.15) is 11.2 Å².